The third-order valence-corrected chi connectivity index (χ3v) is 5.47. The van der Waals surface area contributed by atoms with Gasteiger partial charge >= 0.3 is 0 Å². The van der Waals surface area contributed by atoms with Crippen LogP contribution in [0.15, 0.2) is 11.2 Å². The molecule has 0 saturated carbocycles. The molecule has 126 valence electrons. The lowest BCUT2D eigenvalue weighted by Crippen LogP contribution is -2.40. The molecule has 3 N–H and O–H groups in total. The van der Waals surface area contributed by atoms with Crippen molar-refractivity contribution in [1.82, 2.24) is 15.6 Å². The number of thioether (sulfide) groups is 1. The number of thiazole rings is 1. The summed E-state index contributed by atoms with van der Waals surface area (Å²) in [6, 6.07) is 0. The van der Waals surface area contributed by atoms with E-state index in [9.17, 15) is 5.11 Å². The number of nitrogens with zero attached hydrogens (tertiary/aromatic N) is 2. The third-order valence-electron chi connectivity index (χ3n) is 3.26. The molecule has 1 atom stereocenters. The molecule has 0 amide bonds. The quantitative estimate of drug-likeness (QED) is 0.347. The van der Waals surface area contributed by atoms with Crippen LogP contribution >= 0.6 is 47.1 Å². The molecule has 22 heavy (non-hydrogen) atoms. The van der Waals surface area contributed by atoms with E-state index in [0.717, 1.165) is 48.4 Å². The smallest absolute Gasteiger partial charge is 0.191 e. The van der Waals surface area contributed by atoms with Crippen molar-refractivity contribution in [3.05, 3.63) is 16.1 Å². The molecular weight excluding hydrogens is 431 g/mol. The van der Waals surface area contributed by atoms with Crippen molar-refractivity contribution in [2.75, 3.05) is 31.1 Å². The van der Waals surface area contributed by atoms with E-state index in [0.29, 0.717) is 6.54 Å². The van der Waals surface area contributed by atoms with Gasteiger partial charge in [-0.15, -0.1) is 35.3 Å². The summed E-state index contributed by atoms with van der Waals surface area (Å²) in [6.07, 6.45) is 3.63. The lowest BCUT2D eigenvalue weighted by atomic mass is 10.1. The van der Waals surface area contributed by atoms with Crippen molar-refractivity contribution in [2.24, 2.45) is 4.99 Å². The van der Waals surface area contributed by atoms with Gasteiger partial charge in [-0.25, -0.2) is 4.98 Å². The summed E-state index contributed by atoms with van der Waals surface area (Å²) in [5.74, 6) is 2.59. The number of aryl methyl sites for hydroxylation is 1. The molecule has 2 heterocycles. The zero-order valence-electron chi connectivity index (χ0n) is 13.1. The number of nitrogens with one attached hydrogen (secondary N) is 2. The molecule has 0 aliphatic carbocycles. The van der Waals surface area contributed by atoms with Crippen LogP contribution in [0, 0.1) is 6.92 Å². The summed E-state index contributed by atoms with van der Waals surface area (Å²) >= 11 is 3.53. The lowest BCUT2D eigenvalue weighted by molar-refractivity contribution is 0.0778. The van der Waals surface area contributed by atoms with Crippen molar-refractivity contribution in [1.29, 1.82) is 0 Å². The number of halogens is 1. The minimum Gasteiger partial charge on any atom is -0.387 e. The van der Waals surface area contributed by atoms with Crippen molar-refractivity contribution < 1.29 is 5.11 Å². The first kappa shape index (κ1) is 20.0. The Morgan fingerprint density at radius 3 is 2.91 bits per heavy atom. The van der Waals surface area contributed by atoms with Gasteiger partial charge in [-0.2, -0.15) is 11.8 Å². The van der Waals surface area contributed by atoms with Crippen LogP contribution in [-0.2, 0) is 6.42 Å². The first-order valence-electron chi connectivity index (χ1n) is 7.35. The summed E-state index contributed by atoms with van der Waals surface area (Å²) in [5, 5.41) is 18.0. The van der Waals surface area contributed by atoms with Gasteiger partial charge in [0.15, 0.2) is 5.96 Å². The van der Waals surface area contributed by atoms with E-state index in [1.54, 1.807) is 23.1 Å². The van der Waals surface area contributed by atoms with E-state index in [2.05, 4.69) is 27.5 Å². The summed E-state index contributed by atoms with van der Waals surface area (Å²) < 4.78 is 0. The molecule has 0 spiro atoms. The van der Waals surface area contributed by atoms with Crippen molar-refractivity contribution >= 4 is 53.0 Å². The van der Waals surface area contributed by atoms with Gasteiger partial charge in [0.05, 0.1) is 17.2 Å². The molecule has 1 aromatic rings. The topological polar surface area (TPSA) is 69.5 Å². The molecule has 2 rings (SSSR count). The van der Waals surface area contributed by atoms with Gasteiger partial charge in [-0.05, 0) is 26.0 Å². The molecule has 0 radical (unpaired) electrons. The van der Waals surface area contributed by atoms with E-state index >= 15 is 0 Å². The molecule has 1 aliphatic rings. The molecule has 8 heteroatoms. The zero-order chi connectivity index (χ0) is 15.1. The summed E-state index contributed by atoms with van der Waals surface area (Å²) in [4.78, 5) is 10.1. The van der Waals surface area contributed by atoms with Crippen molar-refractivity contribution in [3.8, 4) is 0 Å². The molecule has 1 fully saturated rings. The highest BCUT2D eigenvalue weighted by molar-refractivity contribution is 14.0. The third kappa shape index (κ3) is 6.59. The number of aromatic nitrogens is 1. The molecule has 1 saturated heterocycles. The average molecular weight is 456 g/mol. The SMILES string of the molecule is CCNC(=NCC1(O)CCSC1)NCCc1ncc(C)s1.I. The predicted molar refractivity (Wildman–Crippen MR) is 107 cm³/mol. The number of aliphatic hydroxyl groups is 1. The minimum absolute atomic E-state index is 0. The van der Waals surface area contributed by atoms with Crippen LogP contribution in [-0.4, -0.2) is 52.8 Å². The summed E-state index contributed by atoms with van der Waals surface area (Å²) in [6.45, 7) is 6.19. The van der Waals surface area contributed by atoms with Crippen LogP contribution in [0.4, 0.5) is 0 Å². The average Bonchev–Trinajstić information content (AvgIpc) is 3.06. The fraction of sp³-hybridized carbons (Fsp3) is 0.714. The number of rotatable bonds is 6. The van der Waals surface area contributed by atoms with Crippen LogP contribution in [0.2, 0.25) is 0 Å². The predicted octanol–water partition coefficient (Wildman–Crippen LogP) is 2.04. The standard InChI is InChI=1S/C14H24N4OS2.HI/c1-3-15-13(18-9-14(19)5-7-20-10-14)16-6-4-12-17-8-11(2)21-12;/h8,19H,3-7,9-10H2,1-2H3,(H2,15,16,18);1H. The van der Waals surface area contributed by atoms with E-state index in [1.165, 1.54) is 4.88 Å². The summed E-state index contributed by atoms with van der Waals surface area (Å²) in [5.41, 5.74) is -0.626. The van der Waals surface area contributed by atoms with Crippen molar-refractivity contribution in [2.45, 2.75) is 32.3 Å². The lowest BCUT2D eigenvalue weighted by Gasteiger charge is -2.19. The van der Waals surface area contributed by atoms with Gasteiger partial charge in [0.1, 0.15) is 0 Å². The monoisotopic (exact) mass is 456 g/mol. The Balaban J connectivity index is 0.00000242. The largest absolute Gasteiger partial charge is 0.387 e. The molecule has 1 unspecified atom stereocenters. The van der Waals surface area contributed by atoms with Gasteiger partial charge in [0, 0.05) is 36.3 Å². The van der Waals surface area contributed by atoms with Crippen LogP contribution in [0.5, 0.6) is 0 Å². The first-order valence-corrected chi connectivity index (χ1v) is 9.32. The number of guanidine groups is 1. The van der Waals surface area contributed by atoms with E-state index < -0.39 is 5.60 Å². The fourth-order valence-electron chi connectivity index (χ4n) is 2.09. The normalized spacial score (nSPS) is 21.5. The Labute approximate surface area is 157 Å². The zero-order valence-corrected chi connectivity index (χ0v) is 17.1. The molecule has 0 aromatic carbocycles. The van der Waals surface area contributed by atoms with E-state index in [-0.39, 0.29) is 24.0 Å². The van der Waals surface area contributed by atoms with Gasteiger partial charge in [-0.3, -0.25) is 4.99 Å². The number of hydrogen-bond donors (Lipinski definition) is 3. The highest BCUT2D eigenvalue weighted by Crippen LogP contribution is 2.27. The van der Waals surface area contributed by atoms with Crippen LogP contribution in [0.3, 0.4) is 0 Å². The Morgan fingerprint density at radius 2 is 2.32 bits per heavy atom. The van der Waals surface area contributed by atoms with Crippen molar-refractivity contribution in [3.63, 3.8) is 0 Å². The number of hydrogen-bond acceptors (Lipinski definition) is 5. The van der Waals surface area contributed by atoms with Crippen LogP contribution in [0.1, 0.15) is 23.2 Å². The molecule has 1 aromatic heterocycles. The molecule has 0 bridgehead atoms. The number of aliphatic imine (C=N–C) groups is 1. The Hall–Kier alpha value is -0.0600. The second kappa shape index (κ2) is 9.94. The highest BCUT2D eigenvalue weighted by Gasteiger charge is 2.31. The van der Waals surface area contributed by atoms with Gasteiger partial charge < -0.3 is 15.7 Å². The maximum atomic E-state index is 10.3. The maximum Gasteiger partial charge on any atom is 0.191 e. The minimum atomic E-state index is -0.626. The second-order valence-corrected chi connectivity index (χ2v) is 7.69. The second-order valence-electron chi connectivity index (χ2n) is 5.26. The fourth-order valence-corrected chi connectivity index (χ4v) is 4.16. The Bertz CT molecular complexity index is 475. The summed E-state index contributed by atoms with van der Waals surface area (Å²) in [7, 11) is 0. The highest BCUT2D eigenvalue weighted by atomic mass is 127. The van der Waals surface area contributed by atoms with Gasteiger partial charge in [0.25, 0.3) is 0 Å². The Morgan fingerprint density at radius 1 is 1.50 bits per heavy atom. The Kier molecular flexibility index (Phi) is 9.03. The maximum absolute atomic E-state index is 10.3. The molecule has 1 aliphatic heterocycles. The van der Waals surface area contributed by atoms with Crippen LogP contribution in [0.25, 0.3) is 0 Å². The first-order chi connectivity index (χ1) is 10.1. The molecule has 5 nitrogen and oxygen atoms in total. The van der Waals surface area contributed by atoms with Gasteiger partial charge in [0.2, 0.25) is 0 Å². The van der Waals surface area contributed by atoms with E-state index in [1.807, 2.05) is 13.1 Å². The van der Waals surface area contributed by atoms with E-state index in [4.69, 9.17) is 0 Å². The van der Waals surface area contributed by atoms with Gasteiger partial charge in [-0.1, -0.05) is 0 Å². The van der Waals surface area contributed by atoms with Crippen LogP contribution < -0.4 is 10.6 Å². The molecular formula is C14H25IN4OS2.